The fourth-order valence-electron chi connectivity index (χ4n) is 4.91. The van der Waals surface area contributed by atoms with E-state index in [1.54, 1.807) is 0 Å². The number of benzene rings is 4. The molecule has 0 N–H and O–H groups in total. The van der Waals surface area contributed by atoms with Crippen LogP contribution in [0.2, 0.25) is 0 Å². The van der Waals surface area contributed by atoms with Crippen molar-refractivity contribution in [1.29, 1.82) is 0 Å². The summed E-state index contributed by atoms with van der Waals surface area (Å²) in [6.07, 6.45) is 2.18. The van der Waals surface area contributed by atoms with Gasteiger partial charge in [0.1, 0.15) is 0 Å². The monoisotopic (exact) mass is 595 g/mol. The van der Waals surface area contributed by atoms with Crippen molar-refractivity contribution in [3.8, 4) is 16.8 Å². The van der Waals surface area contributed by atoms with Gasteiger partial charge in [-0.25, -0.2) is 12.1 Å². The molecule has 7 aromatic rings. The molecule has 0 amide bonds. The number of hydrogen-bond donors (Lipinski definition) is 0. The van der Waals surface area contributed by atoms with E-state index in [4.69, 9.17) is 17.0 Å². The van der Waals surface area contributed by atoms with Gasteiger partial charge in [-0.15, -0.1) is 28.5 Å². The molecule has 0 bridgehead atoms. The minimum Gasteiger partial charge on any atom is -0.214 e. The van der Waals surface area contributed by atoms with Gasteiger partial charge in [-0.3, -0.25) is 0 Å². The van der Waals surface area contributed by atoms with E-state index in [1.807, 2.05) is 30.3 Å². The van der Waals surface area contributed by atoms with Crippen LogP contribution in [0.3, 0.4) is 0 Å². The molecule has 0 unspecified atom stereocenters. The second kappa shape index (κ2) is 12.1. The summed E-state index contributed by atoms with van der Waals surface area (Å²) in [6.45, 7) is 2.18. The molecule has 4 heteroatoms. The molecule has 0 atom stereocenters. The molecule has 0 aliphatic carbocycles. The van der Waals surface area contributed by atoms with Crippen LogP contribution in [0.4, 0.5) is 0 Å². The smallest absolute Gasteiger partial charge is 0.172 e. The summed E-state index contributed by atoms with van der Waals surface area (Å²) in [5.74, 6) is 0. The minimum absolute atomic E-state index is 0.826. The van der Waals surface area contributed by atoms with Gasteiger partial charge in [-0.1, -0.05) is 73.2 Å². The van der Waals surface area contributed by atoms with E-state index in [2.05, 4.69) is 115 Å². The van der Waals surface area contributed by atoms with Crippen LogP contribution in [0.1, 0.15) is 5.56 Å². The Bertz CT molecular complexity index is 1720. The maximum atomic E-state index is 4.93. The molecule has 1 aromatic heterocycles. The number of fused-ring (bicyclic) bond motifs is 3. The minimum atomic E-state index is -0.826. The summed E-state index contributed by atoms with van der Waals surface area (Å²) >= 11 is -0.826. The van der Waals surface area contributed by atoms with Crippen molar-refractivity contribution in [2.24, 2.45) is 0 Å². The van der Waals surface area contributed by atoms with Crippen LogP contribution < -0.4 is 0 Å². The third-order valence-corrected chi connectivity index (χ3v) is 6.46. The first-order valence-electron chi connectivity index (χ1n) is 12.1. The van der Waals surface area contributed by atoms with Gasteiger partial charge in [-0.05, 0) is 39.9 Å². The number of aryl methyl sites for hydroxylation is 1. The van der Waals surface area contributed by atoms with Gasteiger partial charge < -0.3 is 4.57 Å². The van der Waals surface area contributed by atoms with E-state index < -0.39 is 20.8 Å². The van der Waals surface area contributed by atoms with E-state index in [0.717, 1.165) is 0 Å². The van der Waals surface area contributed by atoms with Gasteiger partial charge in [0.2, 0.25) is 0 Å². The first kappa shape index (κ1) is 25.7. The predicted octanol–water partition coefficient (Wildman–Crippen LogP) is 10.4. The zero-order valence-electron chi connectivity index (χ0n) is 20.4. The van der Waals surface area contributed by atoms with Crippen molar-refractivity contribution >= 4 is 49.5 Å². The van der Waals surface area contributed by atoms with E-state index in [0.29, 0.717) is 0 Å². The average molecular weight is 598 g/mol. The van der Waals surface area contributed by atoms with Crippen molar-refractivity contribution in [2.75, 3.05) is 0 Å². The fourth-order valence-corrected chi connectivity index (χ4v) is 4.91. The van der Waals surface area contributed by atoms with Crippen LogP contribution in [0, 0.1) is 6.92 Å². The Labute approximate surface area is 236 Å². The number of rotatable bonds is 2. The summed E-state index contributed by atoms with van der Waals surface area (Å²) in [5.41, 5.74) is 6.32. The van der Waals surface area contributed by atoms with Gasteiger partial charge in [0, 0.05) is 11.9 Å². The van der Waals surface area contributed by atoms with Crippen molar-refractivity contribution in [3.05, 3.63) is 139 Å². The van der Waals surface area contributed by atoms with Gasteiger partial charge in [-0.2, -0.15) is 24.3 Å². The van der Waals surface area contributed by atoms with E-state index in [1.165, 1.54) is 54.8 Å². The second-order valence-electron chi connectivity index (χ2n) is 8.83. The van der Waals surface area contributed by atoms with Crippen LogP contribution in [0.15, 0.2) is 134 Å². The molecule has 0 spiro atoms. The molecule has 0 aliphatic heterocycles. The summed E-state index contributed by atoms with van der Waals surface area (Å²) in [6, 6.07) is 45.3. The topological polar surface area (TPSA) is 4.93 Å². The number of nitrogens with zero attached hydrogens (tertiary/aromatic N) is 1. The number of para-hydroxylation sites is 1. The Hall–Kier alpha value is -2.90. The maximum Gasteiger partial charge on any atom is -0.172 e. The second-order valence-corrected chi connectivity index (χ2v) is 12.6. The Morgan fingerprint density at radius 2 is 1.38 bits per heavy atom. The molecule has 0 aliphatic rings. The van der Waals surface area contributed by atoms with Crippen LogP contribution in [-0.4, -0.2) is 4.57 Å². The van der Waals surface area contributed by atoms with Crippen LogP contribution >= 0.6 is 17.0 Å². The predicted molar refractivity (Wildman–Crippen MR) is 158 cm³/mol. The maximum absolute atomic E-state index is 4.93. The number of hydrogen-bond acceptors (Lipinski definition) is 0. The largest absolute Gasteiger partial charge is 0.214 e. The van der Waals surface area contributed by atoms with Gasteiger partial charge in [0.15, 0.2) is 0 Å². The zero-order valence-corrected chi connectivity index (χ0v) is 24.4. The molecule has 0 radical (unpaired) electrons. The van der Waals surface area contributed by atoms with Crippen LogP contribution in [0.5, 0.6) is 0 Å². The Balaban J connectivity index is 0.000000305. The first-order valence-corrected chi connectivity index (χ1v) is 18.4. The summed E-state index contributed by atoms with van der Waals surface area (Å²) in [7, 11) is 9.87. The molecule has 6 aromatic carbocycles. The van der Waals surface area contributed by atoms with Crippen molar-refractivity contribution in [1.82, 2.24) is 4.57 Å². The third kappa shape index (κ3) is 5.68. The standard InChI is InChI=1S/C28H20N.C5H5.2ClH.Zr/c1-19-15-22-17-23(29-14-13-21-8-3-5-12-28(21)29)18-27(26(22)16-19)25-11-6-9-20-7-2-4-10-24(20)25;1-2-4-5-3-1;;;/h2-18H,1H3;1-5H;2*1H;/q2*-1;;;+4/p-2. The number of halogens is 2. The molecular formula is C33H25Cl2NZr. The normalized spacial score (nSPS) is 10.5. The Morgan fingerprint density at radius 3 is 2.14 bits per heavy atom. The molecule has 0 fully saturated rings. The summed E-state index contributed by atoms with van der Waals surface area (Å²) < 4.78 is 2.30. The van der Waals surface area contributed by atoms with E-state index in [9.17, 15) is 0 Å². The van der Waals surface area contributed by atoms with Crippen LogP contribution in [-0.2, 0) is 20.8 Å². The molecule has 7 rings (SSSR count). The Morgan fingerprint density at radius 1 is 0.676 bits per heavy atom. The van der Waals surface area contributed by atoms with Gasteiger partial charge in [0.25, 0.3) is 0 Å². The van der Waals surface area contributed by atoms with Crippen molar-refractivity contribution in [3.63, 3.8) is 0 Å². The van der Waals surface area contributed by atoms with E-state index in [-0.39, 0.29) is 0 Å². The molecular weight excluding hydrogens is 572 g/mol. The summed E-state index contributed by atoms with van der Waals surface area (Å²) in [4.78, 5) is 0. The quantitative estimate of drug-likeness (QED) is 0.175. The van der Waals surface area contributed by atoms with Crippen molar-refractivity contribution in [2.45, 2.75) is 6.92 Å². The molecule has 0 saturated heterocycles. The third-order valence-electron chi connectivity index (χ3n) is 6.46. The molecule has 1 heterocycles. The molecule has 37 heavy (non-hydrogen) atoms. The van der Waals surface area contributed by atoms with Gasteiger partial charge in [0.05, 0.1) is 5.52 Å². The van der Waals surface area contributed by atoms with Crippen LogP contribution in [0.25, 0.3) is 49.3 Å². The zero-order chi connectivity index (χ0) is 25.6. The summed E-state index contributed by atoms with van der Waals surface area (Å²) in [5, 5.41) is 6.45. The first-order chi connectivity index (χ1) is 18.2. The molecule has 180 valence electrons. The van der Waals surface area contributed by atoms with Crippen molar-refractivity contribution < 1.29 is 20.8 Å². The molecule has 1 nitrogen and oxygen atoms in total. The molecule has 0 saturated carbocycles. The fraction of sp³-hybridized carbons (Fsp3) is 0.0303. The average Bonchev–Trinajstić information content (AvgIpc) is 3.70. The number of aromatic nitrogens is 1. The van der Waals surface area contributed by atoms with Gasteiger partial charge >= 0.3 is 37.9 Å². The van der Waals surface area contributed by atoms with E-state index >= 15 is 0 Å². The SMILES string of the molecule is Cc1cc2c(-c3cccc4ccccc34)cc(-n3ccc4ccccc43)cc2[cH-]1.[Cl][Zr+2][Cl].c1cc[cH-]c1. The Kier molecular flexibility index (Phi) is 8.42.